The number of carbonyl (C=O) groups excluding carboxylic acids is 3. The Morgan fingerprint density at radius 1 is 0.930 bits per heavy atom. The van der Waals surface area contributed by atoms with E-state index in [9.17, 15) is 19.5 Å². The van der Waals surface area contributed by atoms with Crippen LogP contribution in [0.2, 0.25) is 18.1 Å². The average Bonchev–Trinajstić information content (AvgIpc) is 3.13. The molecule has 0 aromatic heterocycles. The van der Waals surface area contributed by atoms with E-state index in [0.29, 0.717) is 24.8 Å². The van der Waals surface area contributed by atoms with Crippen molar-refractivity contribution in [3.63, 3.8) is 0 Å². The number of carbonyl (C=O) groups is 3. The van der Waals surface area contributed by atoms with Crippen molar-refractivity contribution in [2.24, 2.45) is 23.7 Å². The van der Waals surface area contributed by atoms with Gasteiger partial charge in [0.15, 0.2) is 19.9 Å². The first-order chi connectivity index (χ1) is 26.6. The molecule has 328 valence electrons. The van der Waals surface area contributed by atoms with Gasteiger partial charge >= 0.3 is 0 Å². The summed E-state index contributed by atoms with van der Waals surface area (Å²) in [7, 11) is -2.28. The first-order valence-corrected chi connectivity index (χ1v) is 25.3. The Morgan fingerprint density at radius 3 is 2.30 bits per heavy atom. The van der Waals surface area contributed by atoms with Gasteiger partial charge in [-0.05, 0) is 126 Å². The van der Waals surface area contributed by atoms with E-state index in [1.165, 1.54) is 0 Å². The third kappa shape index (κ3) is 15.9. The molecule has 10 nitrogen and oxygen atoms in total. The molecule has 0 saturated carbocycles. The summed E-state index contributed by atoms with van der Waals surface area (Å²) in [5.41, 5.74) is 1.02. The largest absolute Gasteiger partial charge is 0.411 e. The molecule has 11 atom stereocenters. The second-order valence-corrected chi connectivity index (χ2v) is 24.3. The number of hydrogen-bond donors (Lipinski definition) is 3. The van der Waals surface area contributed by atoms with E-state index in [4.69, 9.17) is 18.6 Å². The molecule has 57 heavy (non-hydrogen) atoms. The molecule has 0 aromatic rings. The number of hydrogen-bond acceptors (Lipinski definition) is 8. The minimum atomic E-state index is -2.28. The van der Waals surface area contributed by atoms with Gasteiger partial charge in [-0.1, -0.05) is 60.6 Å². The fourth-order valence-electron chi connectivity index (χ4n) is 8.19. The van der Waals surface area contributed by atoms with E-state index in [2.05, 4.69) is 71.3 Å². The fourth-order valence-corrected chi connectivity index (χ4v) is 9.59. The summed E-state index contributed by atoms with van der Waals surface area (Å²) in [6.45, 7) is 25.8. The summed E-state index contributed by atoms with van der Waals surface area (Å²) in [5, 5.41) is 16.1. The molecular formula is C46H82N2O8Si. The molecule has 3 aliphatic heterocycles. The van der Waals surface area contributed by atoms with Crippen LogP contribution in [0.1, 0.15) is 153 Å². The standard InChI is InChI=1S/C46H82N2O8Si/c1-13-16-37(50)28-39-22-20-32(3)41(53-39)29-43(51)48-30-42(56-57(11,12)45(8,9)10)35(6)44(52)47-26-15-18-40-33(4)23-25-46(55-40)24-14-17-38(54-46)21-19-31(2)27-34(5)36(7)49/h13,16,27,31-33,35-36,38-42,49H,14-15,17-26,28-30H2,1-12H3,(H,47,52)(H,48,51)/b16-13+,34-27+/t31-,32-,33-,35+,36+,38-,39+,40+,41-,42+,46-/m0/s1. The van der Waals surface area contributed by atoms with E-state index in [0.717, 1.165) is 76.2 Å². The van der Waals surface area contributed by atoms with Crippen LogP contribution >= 0.6 is 0 Å². The van der Waals surface area contributed by atoms with Crippen LogP contribution in [0.4, 0.5) is 0 Å². The number of aliphatic hydroxyl groups excluding tert-OH is 1. The zero-order valence-electron chi connectivity index (χ0n) is 37.9. The first-order valence-electron chi connectivity index (χ1n) is 22.4. The van der Waals surface area contributed by atoms with Crippen LogP contribution in [0.25, 0.3) is 0 Å². The minimum absolute atomic E-state index is 0.0432. The Labute approximate surface area is 347 Å². The second kappa shape index (κ2) is 22.6. The molecule has 11 heteroatoms. The highest BCUT2D eigenvalue weighted by Gasteiger charge is 2.45. The smallest absolute Gasteiger partial charge is 0.225 e. The number of aliphatic hydroxyl groups is 1. The van der Waals surface area contributed by atoms with Gasteiger partial charge in [0.1, 0.15) is 0 Å². The monoisotopic (exact) mass is 819 g/mol. The van der Waals surface area contributed by atoms with Gasteiger partial charge in [-0.2, -0.15) is 0 Å². The molecule has 0 radical (unpaired) electrons. The third-order valence-electron chi connectivity index (χ3n) is 13.4. The maximum atomic E-state index is 13.7. The lowest BCUT2D eigenvalue weighted by molar-refractivity contribution is -0.324. The van der Waals surface area contributed by atoms with Crippen molar-refractivity contribution in [2.45, 2.75) is 213 Å². The summed E-state index contributed by atoms with van der Waals surface area (Å²) < 4.78 is 26.6. The fraction of sp³-hybridized carbons (Fsp3) is 0.848. The summed E-state index contributed by atoms with van der Waals surface area (Å²) in [4.78, 5) is 39.2. The van der Waals surface area contributed by atoms with E-state index in [1.807, 2.05) is 27.7 Å². The van der Waals surface area contributed by atoms with Gasteiger partial charge in [0.05, 0.1) is 49.0 Å². The molecule has 3 saturated heterocycles. The lowest BCUT2D eigenvalue weighted by Crippen LogP contribution is -2.52. The molecule has 3 N–H and O–H groups in total. The molecule has 3 fully saturated rings. The van der Waals surface area contributed by atoms with Crippen molar-refractivity contribution >= 4 is 25.9 Å². The van der Waals surface area contributed by atoms with Crippen molar-refractivity contribution in [3.05, 3.63) is 23.8 Å². The Hall–Kier alpha value is -1.89. The van der Waals surface area contributed by atoms with Crippen LogP contribution in [-0.4, -0.2) is 86.5 Å². The maximum absolute atomic E-state index is 13.7. The van der Waals surface area contributed by atoms with E-state index in [-0.39, 0.29) is 65.9 Å². The molecular weight excluding hydrogens is 737 g/mol. The molecule has 2 amide bonds. The molecule has 0 unspecified atom stereocenters. The lowest BCUT2D eigenvalue weighted by atomic mass is 9.85. The van der Waals surface area contributed by atoms with Crippen molar-refractivity contribution in [2.75, 3.05) is 13.1 Å². The Balaban J connectivity index is 1.53. The highest BCUT2D eigenvalue weighted by atomic mass is 28.4. The van der Waals surface area contributed by atoms with Crippen LogP contribution in [0.5, 0.6) is 0 Å². The van der Waals surface area contributed by atoms with E-state index >= 15 is 0 Å². The number of ketones is 1. The molecule has 3 aliphatic rings. The zero-order valence-corrected chi connectivity index (χ0v) is 38.9. The molecule has 3 heterocycles. The van der Waals surface area contributed by atoms with Gasteiger partial charge in [-0.15, -0.1) is 0 Å². The van der Waals surface area contributed by atoms with Crippen LogP contribution in [-0.2, 0) is 33.0 Å². The number of ether oxygens (including phenoxy) is 3. The van der Waals surface area contributed by atoms with Gasteiger partial charge in [-0.25, -0.2) is 0 Å². The summed E-state index contributed by atoms with van der Waals surface area (Å²) in [6, 6.07) is 0. The SMILES string of the molecule is C/C=C/C(=O)C[C@H]1CC[C@H](C)[C@H](CC(=O)NC[C@@H](O[Si](C)(C)C(C)(C)C)[C@@H](C)C(=O)NCCC[C@H]2O[C@@]3(CCC[C@@H](CC[C@H](C)/C=C(\C)[C@@H](C)O)O3)CC[C@@H]2C)O1. The van der Waals surface area contributed by atoms with Crippen LogP contribution in [0.3, 0.4) is 0 Å². The third-order valence-corrected chi connectivity index (χ3v) is 17.9. The van der Waals surface area contributed by atoms with Crippen molar-refractivity contribution in [1.29, 1.82) is 0 Å². The van der Waals surface area contributed by atoms with Crippen molar-refractivity contribution < 1.29 is 38.1 Å². The van der Waals surface area contributed by atoms with E-state index < -0.39 is 32.2 Å². The summed E-state index contributed by atoms with van der Waals surface area (Å²) in [5.74, 6) is -0.138. The van der Waals surface area contributed by atoms with Gasteiger partial charge in [0.2, 0.25) is 11.8 Å². The Bertz CT molecular complexity index is 1340. The molecule has 0 aromatic carbocycles. The molecule has 1 spiro atoms. The van der Waals surface area contributed by atoms with Crippen LogP contribution < -0.4 is 10.6 Å². The Morgan fingerprint density at radius 2 is 1.63 bits per heavy atom. The van der Waals surface area contributed by atoms with Crippen LogP contribution in [0, 0.1) is 23.7 Å². The molecule has 0 aliphatic carbocycles. The number of amides is 2. The summed E-state index contributed by atoms with van der Waals surface area (Å²) in [6.07, 6.45) is 15.4. The van der Waals surface area contributed by atoms with Gasteiger partial charge in [0.25, 0.3) is 0 Å². The van der Waals surface area contributed by atoms with E-state index in [1.54, 1.807) is 12.2 Å². The van der Waals surface area contributed by atoms with Gasteiger partial charge in [0, 0.05) is 32.4 Å². The first kappa shape index (κ1) is 49.5. The lowest BCUT2D eigenvalue weighted by Gasteiger charge is -2.48. The number of rotatable bonds is 20. The minimum Gasteiger partial charge on any atom is -0.411 e. The number of nitrogens with one attached hydrogen (secondary N) is 2. The quantitative estimate of drug-likeness (QED) is 0.0481. The highest BCUT2D eigenvalue weighted by molar-refractivity contribution is 6.74. The maximum Gasteiger partial charge on any atom is 0.225 e. The molecule has 3 rings (SSSR count). The van der Waals surface area contributed by atoms with Crippen molar-refractivity contribution in [3.8, 4) is 0 Å². The topological polar surface area (TPSA) is 132 Å². The normalized spacial score (nSPS) is 29.8. The predicted octanol–water partition coefficient (Wildman–Crippen LogP) is 8.96. The zero-order chi connectivity index (χ0) is 42.6. The predicted molar refractivity (Wildman–Crippen MR) is 231 cm³/mol. The Kier molecular flexibility index (Phi) is 19.6. The molecule has 0 bridgehead atoms. The van der Waals surface area contributed by atoms with Gasteiger partial charge < -0.3 is 34.4 Å². The number of allylic oxidation sites excluding steroid dienone is 3. The van der Waals surface area contributed by atoms with Crippen LogP contribution in [0.15, 0.2) is 23.8 Å². The highest BCUT2D eigenvalue weighted by Crippen LogP contribution is 2.43. The summed E-state index contributed by atoms with van der Waals surface area (Å²) >= 11 is 0. The van der Waals surface area contributed by atoms with Crippen molar-refractivity contribution in [1.82, 2.24) is 10.6 Å². The van der Waals surface area contributed by atoms with Gasteiger partial charge in [-0.3, -0.25) is 14.4 Å². The average molecular weight is 819 g/mol. The second-order valence-electron chi connectivity index (χ2n) is 19.5.